The number of aromatic nitrogens is 3. The van der Waals surface area contributed by atoms with Crippen molar-refractivity contribution in [2.75, 3.05) is 5.32 Å². The first-order valence-electron chi connectivity index (χ1n) is 7.13. The number of para-hydroxylation sites is 1. The van der Waals surface area contributed by atoms with Gasteiger partial charge >= 0.3 is 0 Å². The van der Waals surface area contributed by atoms with E-state index in [2.05, 4.69) is 21.5 Å². The minimum atomic E-state index is -0.316. The van der Waals surface area contributed by atoms with E-state index in [1.165, 1.54) is 22.9 Å². The van der Waals surface area contributed by atoms with E-state index in [1.807, 2.05) is 18.2 Å². The molecule has 1 N–H and O–H groups in total. The van der Waals surface area contributed by atoms with E-state index in [4.69, 9.17) is 11.6 Å². The van der Waals surface area contributed by atoms with Crippen molar-refractivity contribution >= 4 is 28.8 Å². The molecule has 0 unspecified atom stereocenters. The maximum atomic E-state index is 12.5. The fourth-order valence-electron chi connectivity index (χ4n) is 2.55. The number of hydrogen-bond donors (Lipinski definition) is 1. The molecule has 1 aliphatic carbocycles. The van der Waals surface area contributed by atoms with Crippen LogP contribution in [0.4, 0.5) is 5.69 Å². The zero-order valence-electron chi connectivity index (χ0n) is 11.7. The number of fused-ring (bicyclic) bond motifs is 1. The Hall–Kier alpha value is -2.40. The lowest BCUT2D eigenvalue weighted by atomic mass is 10.1. The molecule has 1 saturated carbocycles. The summed E-state index contributed by atoms with van der Waals surface area (Å²) in [4.78, 5) is 16.6. The van der Waals surface area contributed by atoms with Crippen LogP contribution in [0.15, 0.2) is 42.7 Å². The van der Waals surface area contributed by atoms with Crippen LogP contribution >= 0.6 is 11.6 Å². The summed E-state index contributed by atoms with van der Waals surface area (Å²) < 4.78 is 1.50. The number of benzene rings is 1. The summed E-state index contributed by atoms with van der Waals surface area (Å²) in [6.45, 7) is 0. The second kappa shape index (κ2) is 5.10. The normalized spacial score (nSPS) is 14.2. The Morgan fingerprint density at radius 1 is 1.27 bits per heavy atom. The molecular formula is C16H13ClN4O. The molecule has 1 amide bonds. The van der Waals surface area contributed by atoms with E-state index >= 15 is 0 Å². The van der Waals surface area contributed by atoms with Gasteiger partial charge in [0.15, 0.2) is 11.3 Å². The Balaban J connectivity index is 1.68. The third-order valence-corrected chi connectivity index (χ3v) is 4.13. The molecule has 22 heavy (non-hydrogen) atoms. The molecule has 5 nitrogen and oxygen atoms in total. The zero-order valence-corrected chi connectivity index (χ0v) is 12.4. The highest BCUT2D eigenvalue weighted by Crippen LogP contribution is 2.43. The van der Waals surface area contributed by atoms with Gasteiger partial charge in [0.25, 0.3) is 5.91 Å². The van der Waals surface area contributed by atoms with Gasteiger partial charge in [0, 0.05) is 18.1 Å². The first-order valence-corrected chi connectivity index (χ1v) is 7.51. The van der Waals surface area contributed by atoms with Crippen molar-refractivity contribution < 1.29 is 4.79 Å². The van der Waals surface area contributed by atoms with Gasteiger partial charge in [0.05, 0.1) is 0 Å². The average Bonchev–Trinajstić information content (AvgIpc) is 3.32. The molecule has 4 rings (SSSR count). The third-order valence-electron chi connectivity index (χ3n) is 3.78. The van der Waals surface area contributed by atoms with Gasteiger partial charge in [-0.2, -0.15) is 5.10 Å². The number of nitrogens with zero attached hydrogens (tertiary/aromatic N) is 3. The first kappa shape index (κ1) is 13.3. The van der Waals surface area contributed by atoms with E-state index < -0.39 is 0 Å². The van der Waals surface area contributed by atoms with Gasteiger partial charge < -0.3 is 5.32 Å². The van der Waals surface area contributed by atoms with E-state index in [0.717, 1.165) is 5.69 Å². The van der Waals surface area contributed by atoms with Gasteiger partial charge in [-0.1, -0.05) is 29.8 Å². The highest BCUT2D eigenvalue weighted by atomic mass is 35.5. The molecule has 0 radical (unpaired) electrons. The maximum Gasteiger partial charge on any atom is 0.277 e. The quantitative estimate of drug-likeness (QED) is 0.805. The van der Waals surface area contributed by atoms with Crippen LogP contribution in [0.2, 0.25) is 5.02 Å². The van der Waals surface area contributed by atoms with Crippen LogP contribution in [0.1, 0.15) is 34.8 Å². The van der Waals surface area contributed by atoms with Gasteiger partial charge in [-0.3, -0.25) is 4.79 Å². The summed E-state index contributed by atoms with van der Waals surface area (Å²) in [5.74, 6) is 0.235. The third kappa shape index (κ3) is 2.23. The Kier molecular flexibility index (Phi) is 3.08. The van der Waals surface area contributed by atoms with Crippen molar-refractivity contribution in [2.24, 2.45) is 0 Å². The van der Waals surface area contributed by atoms with Crippen molar-refractivity contribution in [3.05, 3.63) is 59.0 Å². The minimum Gasteiger partial charge on any atom is -0.320 e. The summed E-state index contributed by atoms with van der Waals surface area (Å²) >= 11 is 6.23. The maximum absolute atomic E-state index is 12.5. The smallest absolute Gasteiger partial charge is 0.277 e. The Morgan fingerprint density at radius 2 is 2.09 bits per heavy atom. The summed E-state index contributed by atoms with van der Waals surface area (Å²) in [6, 6.07) is 9.60. The van der Waals surface area contributed by atoms with Crippen LogP contribution in [0, 0.1) is 0 Å². The lowest BCUT2D eigenvalue weighted by molar-refractivity contribution is 0.102. The summed E-state index contributed by atoms with van der Waals surface area (Å²) in [6.07, 6.45) is 5.67. The second-order valence-electron chi connectivity index (χ2n) is 5.37. The number of amides is 1. The monoisotopic (exact) mass is 312 g/mol. The summed E-state index contributed by atoms with van der Waals surface area (Å²) in [7, 11) is 0. The number of carbonyl (C=O) groups excluding carboxylic acids is 1. The van der Waals surface area contributed by atoms with Crippen molar-refractivity contribution in [1.29, 1.82) is 0 Å². The lowest BCUT2D eigenvalue weighted by Gasteiger charge is -2.09. The molecule has 0 saturated heterocycles. The van der Waals surface area contributed by atoms with Crippen molar-refractivity contribution in [3.8, 4) is 0 Å². The van der Waals surface area contributed by atoms with Crippen LogP contribution in [-0.2, 0) is 0 Å². The second-order valence-corrected chi connectivity index (χ2v) is 5.74. The highest BCUT2D eigenvalue weighted by molar-refractivity contribution is 6.37. The molecule has 2 aromatic heterocycles. The van der Waals surface area contributed by atoms with Crippen LogP contribution in [-0.4, -0.2) is 20.5 Å². The van der Waals surface area contributed by atoms with Crippen LogP contribution in [0.25, 0.3) is 5.65 Å². The van der Waals surface area contributed by atoms with Crippen LogP contribution in [0.5, 0.6) is 0 Å². The number of anilines is 1. The predicted molar refractivity (Wildman–Crippen MR) is 84.4 cm³/mol. The molecule has 0 atom stereocenters. The highest BCUT2D eigenvalue weighted by Gasteiger charge is 2.27. The molecule has 1 fully saturated rings. The molecule has 1 aliphatic rings. The van der Waals surface area contributed by atoms with E-state index in [9.17, 15) is 4.79 Å². The predicted octanol–water partition coefficient (Wildman–Crippen LogP) is 3.51. The Morgan fingerprint density at radius 3 is 2.86 bits per heavy atom. The van der Waals surface area contributed by atoms with Crippen molar-refractivity contribution in [3.63, 3.8) is 0 Å². The molecule has 6 heteroatoms. The van der Waals surface area contributed by atoms with E-state index in [-0.39, 0.29) is 16.6 Å². The van der Waals surface area contributed by atoms with Crippen LogP contribution in [0.3, 0.4) is 0 Å². The topological polar surface area (TPSA) is 59.3 Å². The minimum absolute atomic E-state index is 0.186. The van der Waals surface area contributed by atoms with E-state index in [1.54, 1.807) is 18.5 Å². The Labute approximate surface area is 131 Å². The number of halogens is 1. The number of hydrogen-bond acceptors (Lipinski definition) is 3. The van der Waals surface area contributed by atoms with Gasteiger partial charge in [0.2, 0.25) is 0 Å². The van der Waals surface area contributed by atoms with Crippen molar-refractivity contribution in [2.45, 2.75) is 18.8 Å². The fourth-order valence-corrected chi connectivity index (χ4v) is 2.81. The Bertz CT molecular complexity index is 869. The molecule has 0 spiro atoms. The van der Waals surface area contributed by atoms with Gasteiger partial charge in [0.1, 0.15) is 5.02 Å². The number of rotatable bonds is 3. The van der Waals surface area contributed by atoms with Crippen molar-refractivity contribution in [1.82, 2.24) is 14.6 Å². The zero-order chi connectivity index (χ0) is 15.1. The first-order chi connectivity index (χ1) is 10.7. The lowest BCUT2D eigenvalue weighted by Crippen LogP contribution is -2.14. The molecular weight excluding hydrogens is 300 g/mol. The molecule has 0 bridgehead atoms. The fraction of sp³-hybridized carbons (Fsp3) is 0.188. The standard InChI is InChI=1S/C16H13ClN4O/c17-13-14(20-21-9-3-8-18-15(13)21)16(22)19-12-5-2-1-4-11(12)10-6-7-10/h1-5,8-10H,6-7H2,(H,19,22). The molecule has 110 valence electrons. The van der Waals surface area contributed by atoms with E-state index in [0.29, 0.717) is 11.6 Å². The molecule has 0 aliphatic heterocycles. The van der Waals surface area contributed by atoms with Gasteiger partial charge in [-0.15, -0.1) is 0 Å². The largest absolute Gasteiger partial charge is 0.320 e. The average molecular weight is 313 g/mol. The van der Waals surface area contributed by atoms with Crippen LogP contribution < -0.4 is 5.32 Å². The summed E-state index contributed by atoms with van der Waals surface area (Å²) in [5, 5.41) is 7.40. The number of nitrogens with one attached hydrogen (secondary N) is 1. The van der Waals surface area contributed by atoms with Gasteiger partial charge in [-0.05, 0) is 36.5 Å². The number of carbonyl (C=O) groups is 1. The SMILES string of the molecule is O=C(Nc1ccccc1C1CC1)c1nn2cccnc2c1Cl. The molecule has 3 aromatic rings. The summed E-state index contributed by atoms with van der Waals surface area (Å²) in [5.41, 5.74) is 2.67. The van der Waals surface area contributed by atoms with Gasteiger partial charge in [-0.25, -0.2) is 9.50 Å². The molecule has 1 aromatic carbocycles. The molecule has 2 heterocycles.